The summed E-state index contributed by atoms with van der Waals surface area (Å²) in [5.74, 6) is 0.143. The van der Waals surface area contributed by atoms with Gasteiger partial charge in [0.2, 0.25) is 11.8 Å². The van der Waals surface area contributed by atoms with Crippen LogP contribution in [0.2, 0.25) is 0 Å². The van der Waals surface area contributed by atoms with Crippen LogP contribution in [-0.2, 0) is 22.7 Å². The second kappa shape index (κ2) is 8.74. The lowest BCUT2D eigenvalue weighted by Gasteiger charge is -2.26. The third-order valence-corrected chi connectivity index (χ3v) is 7.19. The molecule has 1 saturated carbocycles. The number of rotatable bonds is 7. The van der Waals surface area contributed by atoms with Crippen LogP contribution in [0.4, 0.5) is 0 Å². The van der Waals surface area contributed by atoms with Gasteiger partial charge in [-0.1, -0.05) is 6.92 Å². The lowest BCUT2D eigenvalue weighted by atomic mass is 10.0. The fourth-order valence-electron chi connectivity index (χ4n) is 5.20. The molecule has 1 saturated heterocycles. The van der Waals surface area contributed by atoms with Gasteiger partial charge in [0.1, 0.15) is 24.1 Å². The largest absolute Gasteiger partial charge is 0.357 e. The molecular weight excluding hydrogens is 460 g/mol. The van der Waals surface area contributed by atoms with E-state index in [1.165, 1.54) is 11.6 Å². The molecule has 11 heteroatoms. The molecule has 1 N–H and O–H groups in total. The maximum absolute atomic E-state index is 13.4. The summed E-state index contributed by atoms with van der Waals surface area (Å²) in [6, 6.07) is 1.35. The van der Waals surface area contributed by atoms with Gasteiger partial charge >= 0.3 is 0 Å². The Morgan fingerprint density at radius 2 is 1.86 bits per heavy atom. The minimum Gasteiger partial charge on any atom is -0.357 e. The number of carbonyl (C=O) groups is 3. The van der Waals surface area contributed by atoms with E-state index in [0.717, 1.165) is 12.0 Å². The van der Waals surface area contributed by atoms with Gasteiger partial charge in [-0.15, -0.1) is 0 Å². The third-order valence-electron chi connectivity index (χ3n) is 7.19. The molecule has 2 fully saturated rings. The van der Waals surface area contributed by atoms with Crippen LogP contribution in [0.5, 0.6) is 0 Å². The number of likely N-dealkylation sites (N-methyl/N-ethyl adjacent to an activating group) is 1. The lowest BCUT2D eigenvalue weighted by Crippen LogP contribution is -2.48. The van der Waals surface area contributed by atoms with Crippen LogP contribution in [-0.4, -0.2) is 85.4 Å². The Bertz CT molecular complexity index is 1370. The van der Waals surface area contributed by atoms with Crippen molar-refractivity contribution in [3.63, 3.8) is 0 Å². The molecule has 0 bridgehead atoms. The van der Waals surface area contributed by atoms with Crippen LogP contribution >= 0.6 is 0 Å². The minimum atomic E-state index is -0.486. The fraction of sp³-hybridized carbons (Fsp3) is 0.480. The molecule has 3 atom stereocenters. The first kappa shape index (κ1) is 24.0. The van der Waals surface area contributed by atoms with E-state index >= 15 is 0 Å². The number of piperidine rings is 1. The highest BCUT2D eigenvalue weighted by Crippen LogP contribution is 2.59. The second-order valence-corrected chi connectivity index (χ2v) is 10.3. The first-order valence-electron chi connectivity index (χ1n) is 12.0. The zero-order valence-electron chi connectivity index (χ0n) is 21.1. The van der Waals surface area contributed by atoms with Gasteiger partial charge in [0.25, 0.3) is 0 Å². The number of fused-ring (bicyclic) bond motifs is 2. The van der Waals surface area contributed by atoms with Crippen LogP contribution in [0.3, 0.4) is 0 Å². The number of hydrogen-bond donors (Lipinski definition) is 1. The van der Waals surface area contributed by atoms with Crippen LogP contribution in [0.25, 0.3) is 22.2 Å². The topological polar surface area (TPSA) is 126 Å². The summed E-state index contributed by atoms with van der Waals surface area (Å²) in [7, 11) is 5.48. The molecule has 0 radical (unpaired) electrons. The summed E-state index contributed by atoms with van der Waals surface area (Å²) in [5, 5.41) is 7.75. The summed E-state index contributed by atoms with van der Waals surface area (Å²) >= 11 is 0. The van der Waals surface area contributed by atoms with Gasteiger partial charge in [0.15, 0.2) is 5.78 Å². The molecule has 1 aliphatic carbocycles. The maximum Gasteiger partial charge on any atom is 0.245 e. The molecule has 5 rings (SSSR count). The van der Waals surface area contributed by atoms with Crippen molar-refractivity contribution < 1.29 is 14.4 Å². The van der Waals surface area contributed by atoms with Gasteiger partial charge in [-0.05, 0) is 38.4 Å². The molecule has 4 heterocycles. The Morgan fingerprint density at radius 3 is 2.50 bits per heavy atom. The van der Waals surface area contributed by atoms with E-state index in [9.17, 15) is 14.4 Å². The average molecular weight is 491 g/mol. The summed E-state index contributed by atoms with van der Waals surface area (Å²) in [4.78, 5) is 55.3. The zero-order chi connectivity index (χ0) is 25.8. The Labute approximate surface area is 208 Å². The number of carbonyl (C=O) groups excluding carboxylic acids is 3. The molecule has 188 valence electrons. The highest BCUT2D eigenvalue weighted by Gasteiger charge is 2.64. The van der Waals surface area contributed by atoms with E-state index < -0.39 is 6.04 Å². The summed E-state index contributed by atoms with van der Waals surface area (Å²) < 4.78 is 1.51. The minimum absolute atomic E-state index is 0.00974. The second-order valence-electron chi connectivity index (χ2n) is 10.3. The molecule has 3 aromatic heterocycles. The lowest BCUT2D eigenvalue weighted by molar-refractivity contribution is -0.140. The van der Waals surface area contributed by atoms with Crippen molar-refractivity contribution >= 4 is 28.5 Å². The number of amides is 2. The first-order valence-corrected chi connectivity index (χ1v) is 12.0. The van der Waals surface area contributed by atoms with E-state index in [1.807, 2.05) is 19.0 Å². The molecule has 11 nitrogen and oxygen atoms in total. The standard InChI is InChI=1S/C25H30N8O3/c1-14(34)23-16-6-17(15-9-28-21(29-10-15)12-31(4)5)27-11-19(16)32(30-23)13-22(35)33-18(24(36)26-3)7-25(2)8-20(25)33/h6,9-11,18,20H,7-8,12-13H2,1-5H3,(H,26,36)/t18-,20+,25-/m0/s1. The van der Waals surface area contributed by atoms with Crippen molar-refractivity contribution in [2.75, 3.05) is 21.1 Å². The highest BCUT2D eigenvalue weighted by atomic mass is 16.2. The van der Waals surface area contributed by atoms with Gasteiger partial charge in [-0.3, -0.25) is 24.0 Å². The number of pyridine rings is 1. The van der Waals surface area contributed by atoms with E-state index in [1.54, 1.807) is 36.6 Å². The molecule has 2 amide bonds. The van der Waals surface area contributed by atoms with Gasteiger partial charge in [0, 0.05) is 43.4 Å². The van der Waals surface area contributed by atoms with Crippen molar-refractivity contribution in [1.29, 1.82) is 0 Å². The normalized spacial score (nSPS) is 22.7. The van der Waals surface area contributed by atoms with Crippen LogP contribution in [0.15, 0.2) is 24.7 Å². The predicted octanol–water partition coefficient (Wildman–Crippen LogP) is 1.28. The number of Topliss-reactive ketones (excluding diaryl/α,β-unsaturated/α-hetero) is 1. The first-order chi connectivity index (χ1) is 17.1. The van der Waals surface area contributed by atoms with Gasteiger partial charge < -0.3 is 15.1 Å². The fourth-order valence-corrected chi connectivity index (χ4v) is 5.20. The molecule has 36 heavy (non-hydrogen) atoms. The number of nitrogens with one attached hydrogen (secondary N) is 1. The quantitative estimate of drug-likeness (QED) is 0.491. The molecule has 0 unspecified atom stereocenters. The van der Waals surface area contributed by atoms with E-state index in [2.05, 4.69) is 32.3 Å². The van der Waals surface area contributed by atoms with Crippen molar-refractivity contribution in [2.45, 2.75) is 51.9 Å². The van der Waals surface area contributed by atoms with Gasteiger partial charge in [-0.25, -0.2) is 9.97 Å². The summed E-state index contributed by atoms with van der Waals surface area (Å²) in [6.07, 6.45) is 6.58. The Balaban J connectivity index is 1.45. The van der Waals surface area contributed by atoms with Gasteiger partial charge in [-0.2, -0.15) is 5.10 Å². The average Bonchev–Trinajstić information content (AvgIpc) is 3.21. The highest BCUT2D eigenvalue weighted by molar-refractivity contribution is 6.05. The molecule has 0 aromatic carbocycles. The number of ketones is 1. The van der Waals surface area contributed by atoms with Crippen molar-refractivity contribution in [1.82, 2.24) is 39.8 Å². The van der Waals surface area contributed by atoms with Crippen molar-refractivity contribution in [3.8, 4) is 11.3 Å². The number of nitrogens with zero attached hydrogens (tertiary/aromatic N) is 7. The van der Waals surface area contributed by atoms with Crippen LogP contribution in [0.1, 0.15) is 43.0 Å². The number of hydrogen-bond acceptors (Lipinski definition) is 8. The van der Waals surface area contributed by atoms with E-state index in [4.69, 9.17) is 0 Å². The molecule has 0 spiro atoms. The zero-order valence-corrected chi connectivity index (χ0v) is 21.1. The van der Waals surface area contributed by atoms with Crippen molar-refractivity contribution in [2.24, 2.45) is 5.41 Å². The monoisotopic (exact) mass is 490 g/mol. The molecule has 3 aromatic rings. The maximum atomic E-state index is 13.4. The van der Waals surface area contributed by atoms with E-state index in [0.29, 0.717) is 35.4 Å². The van der Waals surface area contributed by atoms with Gasteiger partial charge in [0.05, 0.1) is 24.0 Å². The molecular formula is C25H30N8O3. The number of aromatic nitrogens is 5. The molecule has 1 aliphatic heterocycles. The Hall–Kier alpha value is -3.73. The van der Waals surface area contributed by atoms with E-state index in [-0.39, 0.29) is 41.3 Å². The van der Waals surface area contributed by atoms with Crippen molar-refractivity contribution in [3.05, 3.63) is 36.2 Å². The molecule has 2 aliphatic rings. The Kier molecular flexibility index (Phi) is 5.82. The Morgan fingerprint density at radius 1 is 1.14 bits per heavy atom. The SMILES string of the molecule is CNC(=O)[C@@H]1C[C@@]2(C)C[C@H]2N1C(=O)Cn1nc(C(C)=O)c2cc(-c3cnc(CN(C)C)nc3)ncc21. The predicted molar refractivity (Wildman–Crippen MR) is 132 cm³/mol. The van der Waals surface area contributed by atoms with Crippen LogP contribution < -0.4 is 5.32 Å². The number of likely N-dealkylation sites (tertiary alicyclic amines) is 1. The summed E-state index contributed by atoms with van der Waals surface area (Å²) in [5.41, 5.74) is 2.17. The third kappa shape index (κ3) is 4.13. The van der Waals surface area contributed by atoms with Crippen LogP contribution in [0, 0.1) is 5.41 Å². The smallest absolute Gasteiger partial charge is 0.245 e. The summed E-state index contributed by atoms with van der Waals surface area (Å²) in [6.45, 7) is 4.11.